The van der Waals surface area contributed by atoms with Gasteiger partial charge in [-0.25, -0.2) is 28.4 Å². The van der Waals surface area contributed by atoms with E-state index in [1.54, 1.807) is 54.3 Å². The molecule has 2 aliphatic heterocycles. The van der Waals surface area contributed by atoms with Crippen molar-refractivity contribution < 1.29 is 14.7 Å². The first-order chi connectivity index (χ1) is 22.3. The van der Waals surface area contributed by atoms with Crippen molar-refractivity contribution in [1.29, 1.82) is 0 Å². The molecule has 8 rings (SSSR count). The number of rotatable bonds is 3. The van der Waals surface area contributed by atoms with Gasteiger partial charge in [0.1, 0.15) is 17.3 Å². The van der Waals surface area contributed by atoms with Crippen LogP contribution in [0.1, 0.15) is 36.4 Å². The molecule has 240 valence electrons. The number of imide groups is 1. The topological polar surface area (TPSA) is 124 Å². The van der Waals surface area contributed by atoms with Gasteiger partial charge in [-0.1, -0.05) is 33.6 Å². The molecule has 2 amide bonds. The van der Waals surface area contributed by atoms with E-state index in [4.69, 9.17) is 16.7 Å². The van der Waals surface area contributed by atoms with Crippen molar-refractivity contribution in [3.63, 3.8) is 0 Å². The summed E-state index contributed by atoms with van der Waals surface area (Å²) < 4.78 is 7.08. The molecule has 2 fully saturated rings. The van der Waals surface area contributed by atoms with Crippen molar-refractivity contribution in [1.82, 2.24) is 23.7 Å². The molecule has 14 heteroatoms. The fourth-order valence-electron chi connectivity index (χ4n) is 7.92. The first-order valence-corrected chi connectivity index (χ1v) is 17.0. The number of hydrogen-bond acceptors (Lipinski definition) is 7. The van der Waals surface area contributed by atoms with E-state index in [0.717, 1.165) is 25.1 Å². The number of aromatic nitrogens is 5. The highest BCUT2D eigenvalue weighted by Gasteiger charge is 2.66. The molecule has 4 unspecified atom stereocenters. The van der Waals surface area contributed by atoms with Gasteiger partial charge in [0.15, 0.2) is 0 Å². The van der Waals surface area contributed by atoms with Crippen LogP contribution >= 0.6 is 38.9 Å². The summed E-state index contributed by atoms with van der Waals surface area (Å²) in [4.78, 5) is 57.9. The van der Waals surface area contributed by atoms with Crippen LogP contribution in [0.2, 0.25) is 5.02 Å². The number of halogens is 2. The highest BCUT2D eigenvalue weighted by molar-refractivity contribution is 9.10. The maximum Gasteiger partial charge on any atom is 0.347 e. The number of phenolic OH excluding ortho intramolecular Hbond substituents is 1. The number of carbonyl (C=O) groups is 2. The van der Waals surface area contributed by atoms with Gasteiger partial charge in [0, 0.05) is 45.8 Å². The molecule has 2 aromatic carbocycles. The van der Waals surface area contributed by atoms with Crippen LogP contribution in [0.4, 0.5) is 5.82 Å². The molecule has 1 saturated heterocycles. The van der Waals surface area contributed by atoms with E-state index in [2.05, 4.69) is 15.9 Å². The van der Waals surface area contributed by atoms with Gasteiger partial charge in [0.2, 0.25) is 11.8 Å². The summed E-state index contributed by atoms with van der Waals surface area (Å²) in [5, 5.41) is 17.6. The second-order valence-electron chi connectivity index (χ2n) is 12.7. The number of phenols is 1. The van der Waals surface area contributed by atoms with Gasteiger partial charge in [0.25, 0.3) is 0 Å². The van der Waals surface area contributed by atoms with E-state index in [1.165, 1.54) is 21.3 Å². The molecule has 4 atom stereocenters. The van der Waals surface area contributed by atoms with Crippen LogP contribution in [-0.4, -0.2) is 40.6 Å². The second-order valence-corrected chi connectivity index (χ2v) is 15.1. The number of fused-ring (bicyclic) bond motifs is 5. The predicted octanol–water partition coefficient (Wildman–Crippen LogP) is 5.26. The van der Waals surface area contributed by atoms with E-state index in [1.807, 2.05) is 31.2 Å². The van der Waals surface area contributed by atoms with Crippen LogP contribution in [0.25, 0.3) is 20.7 Å². The Bertz CT molecular complexity index is 2380. The van der Waals surface area contributed by atoms with E-state index >= 15 is 0 Å². The van der Waals surface area contributed by atoms with Gasteiger partial charge in [-0.15, -0.1) is 11.3 Å². The Kier molecular flexibility index (Phi) is 6.51. The standard InChI is InChI=1S/C33H28BrClN6O5S/c1-15-19-12-17(35)6-8-25(19)47-28(15)22-14-26(38(4)36-22)40-29(43)21-13-23-18(9-10-39-31(45)37(3)32(46)41(23)39)27(33(21,2)30(40)44)20-11-16(34)5-7-24(20)42/h5-9,11-12,14,21,23,27,42H,10,13H2,1-4H3. The largest absolute Gasteiger partial charge is 0.508 e. The summed E-state index contributed by atoms with van der Waals surface area (Å²) in [6.07, 6.45) is 1.98. The zero-order valence-electron chi connectivity index (χ0n) is 25.7. The minimum atomic E-state index is -1.33. The minimum Gasteiger partial charge on any atom is -0.508 e. The molecule has 11 nitrogen and oxygen atoms in total. The lowest BCUT2D eigenvalue weighted by Crippen LogP contribution is -2.49. The number of aryl methyl sites for hydroxylation is 2. The molecule has 5 aromatic rings. The predicted molar refractivity (Wildman–Crippen MR) is 182 cm³/mol. The monoisotopic (exact) mass is 734 g/mol. The fourth-order valence-corrected chi connectivity index (χ4v) is 9.62. The molecule has 3 aliphatic rings. The van der Waals surface area contributed by atoms with Crippen LogP contribution in [0.5, 0.6) is 5.75 Å². The van der Waals surface area contributed by atoms with Gasteiger partial charge in [0.05, 0.1) is 28.8 Å². The average molecular weight is 736 g/mol. The SMILES string of the molecule is Cc1c(-c2cc(N3C(=O)C4CC5C(=CCn6c(=O)n(C)c(=O)n65)C(c5cc(Br)ccc5O)C4(C)C3=O)n(C)n2)sc2ccc(Cl)cc12. The number of thiophene rings is 1. The zero-order valence-corrected chi connectivity index (χ0v) is 28.9. The Balaban J connectivity index is 1.29. The van der Waals surface area contributed by atoms with Crippen LogP contribution < -0.4 is 16.3 Å². The lowest BCUT2D eigenvalue weighted by Gasteiger charge is -2.47. The molecule has 0 bridgehead atoms. The summed E-state index contributed by atoms with van der Waals surface area (Å²) in [6.45, 7) is 3.88. The molecule has 1 aliphatic carbocycles. The lowest BCUT2D eigenvalue weighted by molar-refractivity contribution is -0.129. The summed E-state index contributed by atoms with van der Waals surface area (Å²) in [6, 6.07) is 11.8. The number of amides is 2. The Labute approximate surface area is 285 Å². The molecule has 0 radical (unpaired) electrons. The van der Waals surface area contributed by atoms with Crippen LogP contribution in [0, 0.1) is 18.3 Å². The van der Waals surface area contributed by atoms with E-state index < -0.39 is 46.5 Å². The number of allylic oxidation sites excluding steroid dienone is 2. The van der Waals surface area contributed by atoms with E-state index in [9.17, 15) is 24.3 Å². The third-order valence-corrected chi connectivity index (χ3v) is 12.3. The van der Waals surface area contributed by atoms with E-state index in [0.29, 0.717) is 32.1 Å². The lowest BCUT2D eigenvalue weighted by atomic mass is 9.56. The molecule has 0 spiro atoms. The van der Waals surface area contributed by atoms with Crippen LogP contribution in [0.3, 0.4) is 0 Å². The Morgan fingerprint density at radius 2 is 1.83 bits per heavy atom. The van der Waals surface area contributed by atoms with Crippen LogP contribution in [-0.2, 0) is 30.2 Å². The van der Waals surface area contributed by atoms with Crippen molar-refractivity contribution >= 4 is 66.6 Å². The third-order valence-electron chi connectivity index (χ3n) is 10.2. The number of hydrogen-bond donors (Lipinski definition) is 1. The number of anilines is 1. The van der Waals surface area contributed by atoms with Gasteiger partial charge < -0.3 is 5.11 Å². The van der Waals surface area contributed by atoms with Crippen molar-refractivity contribution in [2.75, 3.05) is 4.90 Å². The maximum absolute atomic E-state index is 14.8. The fraction of sp³-hybridized carbons (Fsp3) is 0.303. The van der Waals surface area contributed by atoms with Crippen molar-refractivity contribution in [3.8, 4) is 16.3 Å². The molecule has 47 heavy (non-hydrogen) atoms. The highest BCUT2D eigenvalue weighted by atomic mass is 79.9. The molecule has 1 saturated carbocycles. The molecule has 3 aromatic heterocycles. The smallest absolute Gasteiger partial charge is 0.347 e. The number of benzene rings is 2. The first kappa shape index (κ1) is 30.2. The zero-order chi connectivity index (χ0) is 33.3. The average Bonchev–Trinajstić information content (AvgIpc) is 3.70. The van der Waals surface area contributed by atoms with Crippen LogP contribution in [0.15, 0.2) is 68.2 Å². The third kappa shape index (κ3) is 3.99. The Hall–Kier alpha value is -4.20. The molecule has 1 N–H and O–H groups in total. The van der Waals surface area contributed by atoms with Crippen molar-refractivity contribution in [3.05, 3.63) is 95.7 Å². The van der Waals surface area contributed by atoms with Gasteiger partial charge in [-0.05, 0) is 73.2 Å². The van der Waals surface area contributed by atoms with Crippen molar-refractivity contribution in [2.24, 2.45) is 25.4 Å². The number of carbonyl (C=O) groups excluding carboxylic acids is 2. The van der Waals surface area contributed by atoms with Crippen molar-refractivity contribution in [2.45, 2.75) is 38.8 Å². The maximum atomic E-state index is 14.8. The van der Waals surface area contributed by atoms with Gasteiger partial charge >= 0.3 is 11.4 Å². The first-order valence-electron chi connectivity index (χ1n) is 15.0. The summed E-state index contributed by atoms with van der Waals surface area (Å²) in [5.41, 5.74) is 0.489. The summed E-state index contributed by atoms with van der Waals surface area (Å²) in [7, 11) is 3.12. The second kappa shape index (κ2) is 10.1. The molecular weight excluding hydrogens is 708 g/mol. The Morgan fingerprint density at radius 3 is 2.60 bits per heavy atom. The van der Waals surface area contributed by atoms with Gasteiger partial charge in [-0.3, -0.25) is 14.3 Å². The highest BCUT2D eigenvalue weighted by Crippen LogP contribution is 2.62. The minimum absolute atomic E-state index is 0.0371. The summed E-state index contributed by atoms with van der Waals surface area (Å²) >= 11 is 11.3. The number of nitrogens with zero attached hydrogens (tertiary/aromatic N) is 6. The Morgan fingerprint density at radius 1 is 1.06 bits per heavy atom. The van der Waals surface area contributed by atoms with E-state index in [-0.39, 0.29) is 18.7 Å². The normalized spacial score (nSPS) is 23.7. The number of aromatic hydroxyl groups is 1. The van der Waals surface area contributed by atoms with Gasteiger partial charge in [-0.2, -0.15) is 5.10 Å². The molecular formula is C33H28BrClN6O5S. The summed E-state index contributed by atoms with van der Waals surface area (Å²) in [5.74, 6) is -2.21. The quantitative estimate of drug-likeness (QED) is 0.199. The molecule has 5 heterocycles.